The highest BCUT2D eigenvalue weighted by molar-refractivity contribution is 6.35. The van der Waals surface area contributed by atoms with E-state index in [2.05, 4.69) is 15.2 Å². The van der Waals surface area contributed by atoms with Gasteiger partial charge in [0.05, 0.1) is 0 Å². The number of anilines is 1. The SMILES string of the molecule is O=C(NCc1ccc(Cl)cc1)C(=O)N1CCN(c2ccccn2)CC1. The van der Waals surface area contributed by atoms with Crippen LogP contribution in [0.1, 0.15) is 5.56 Å². The number of nitrogens with zero attached hydrogens (tertiary/aromatic N) is 3. The minimum atomic E-state index is -0.582. The summed E-state index contributed by atoms with van der Waals surface area (Å²) in [7, 11) is 0. The van der Waals surface area contributed by atoms with Crippen LogP contribution in [0.2, 0.25) is 5.02 Å². The molecule has 0 radical (unpaired) electrons. The van der Waals surface area contributed by atoms with Gasteiger partial charge in [-0.1, -0.05) is 29.8 Å². The van der Waals surface area contributed by atoms with Crippen LogP contribution in [-0.2, 0) is 16.1 Å². The minimum Gasteiger partial charge on any atom is -0.353 e. The maximum Gasteiger partial charge on any atom is 0.312 e. The van der Waals surface area contributed by atoms with Gasteiger partial charge in [0.1, 0.15) is 5.82 Å². The molecule has 6 nitrogen and oxygen atoms in total. The molecule has 0 spiro atoms. The Labute approximate surface area is 151 Å². The predicted molar refractivity (Wildman–Crippen MR) is 96.3 cm³/mol. The van der Waals surface area contributed by atoms with Crippen LogP contribution < -0.4 is 10.2 Å². The Balaban J connectivity index is 1.48. The predicted octanol–water partition coefficient (Wildman–Crippen LogP) is 1.70. The van der Waals surface area contributed by atoms with Crippen molar-refractivity contribution in [2.24, 2.45) is 0 Å². The van der Waals surface area contributed by atoms with Crippen molar-refractivity contribution in [2.45, 2.75) is 6.54 Å². The first kappa shape index (κ1) is 17.2. The summed E-state index contributed by atoms with van der Waals surface area (Å²) >= 11 is 5.83. The molecule has 1 fully saturated rings. The van der Waals surface area contributed by atoms with Crippen LogP contribution in [0.15, 0.2) is 48.7 Å². The lowest BCUT2D eigenvalue weighted by Crippen LogP contribution is -2.52. The highest BCUT2D eigenvalue weighted by atomic mass is 35.5. The number of piperazine rings is 1. The number of carbonyl (C=O) groups is 2. The maximum absolute atomic E-state index is 12.3. The molecule has 25 heavy (non-hydrogen) atoms. The van der Waals surface area contributed by atoms with E-state index in [0.717, 1.165) is 11.4 Å². The van der Waals surface area contributed by atoms with Gasteiger partial charge in [-0.05, 0) is 29.8 Å². The van der Waals surface area contributed by atoms with Gasteiger partial charge < -0.3 is 15.1 Å². The lowest BCUT2D eigenvalue weighted by molar-refractivity contribution is -0.146. The molecule has 7 heteroatoms. The summed E-state index contributed by atoms with van der Waals surface area (Å²) in [5.74, 6) is -0.183. The van der Waals surface area contributed by atoms with Crippen molar-refractivity contribution in [1.29, 1.82) is 0 Å². The Kier molecular flexibility index (Phi) is 5.50. The average molecular weight is 359 g/mol. The number of halogens is 1. The molecule has 1 aliphatic heterocycles. The minimum absolute atomic E-state index is 0.301. The zero-order valence-corrected chi connectivity index (χ0v) is 14.4. The summed E-state index contributed by atoms with van der Waals surface area (Å²) in [6.07, 6.45) is 1.75. The molecule has 3 rings (SSSR count). The van der Waals surface area contributed by atoms with E-state index in [1.54, 1.807) is 23.2 Å². The van der Waals surface area contributed by atoms with Crippen LogP contribution in [0.5, 0.6) is 0 Å². The maximum atomic E-state index is 12.3. The Hall–Kier alpha value is -2.60. The van der Waals surface area contributed by atoms with Gasteiger partial charge in [-0.25, -0.2) is 4.98 Å². The Morgan fingerprint density at radius 1 is 1.04 bits per heavy atom. The Morgan fingerprint density at radius 2 is 1.76 bits per heavy atom. The molecular formula is C18H19ClN4O2. The van der Waals surface area contributed by atoms with E-state index in [1.165, 1.54) is 0 Å². The molecule has 2 aromatic rings. The van der Waals surface area contributed by atoms with Crippen molar-refractivity contribution in [3.63, 3.8) is 0 Å². The van der Waals surface area contributed by atoms with E-state index < -0.39 is 11.8 Å². The molecule has 1 aromatic carbocycles. The molecule has 0 aliphatic carbocycles. The smallest absolute Gasteiger partial charge is 0.312 e. The van der Waals surface area contributed by atoms with E-state index >= 15 is 0 Å². The third-order valence-electron chi connectivity index (χ3n) is 4.10. The summed E-state index contributed by atoms with van der Waals surface area (Å²) in [6.45, 7) is 2.63. The molecule has 1 aromatic heterocycles. The summed E-state index contributed by atoms with van der Waals surface area (Å²) in [4.78, 5) is 32.4. The molecule has 130 valence electrons. The second-order valence-corrected chi connectivity index (χ2v) is 6.21. The van der Waals surface area contributed by atoms with Crippen molar-refractivity contribution in [2.75, 3.05) is 31.1 Å². The molecule has 0 atom stereocenters. The normalized spacial score (nSPS) is 14.3. The fraction of sp³-hybridized carbons (Fsp3) is 0.278. The third-order valence-corrected chi connectivity index (χ3v) is 4.35. The Morgan fingerprint density at radius 3 is 2.40 bits per heavy atom. The van der Waals surface area contributed by atoms with Crippen molar-refractivity contribution < 1.29 is 9.59 Å². The van der Waals surface area contributed by atoms with Crippen LogP contribution in [0.3, 0.4) is 0 Å². The number of rotatable bonds is 3. The van der Waals surface area contributed by atoms with Crippen LogP contribution in [-0.4, -0.2) is 47.9 Å². The second kappa shape index (κ2) is 7.98. The molecule has 0 saturated carbocycles. The van der Waals surface area contributed by atoms with Crippen molar-refractivity contribution in [1.82, 2.24) is 15.2 Å². The van der Waals surface area contributed by atoms with Crippen molar-refractivity contribution in [3.05, 3.63) is 59.2 Å². The summed E-state index contributed by atoms with van der Waals surface area (Å²) in [6, 6.07) is 12.9. The standard InChI is InChI=1S/C18H19ClN4O2/c19-15-6-4-14(5-7-15)13-21-17(24)18(25)23-11-9-22(10-12-23)16-3-1-2-8-20-16/h1-8H,9-13H2,(H,21,24). The highest BCUT2D eigenvalue weighted by Crippen LogP contribution is 2.13. The van der Waals surface area contributed by atoms with E-state index in [-0.39, 0.29) is 0 Å². The van der Waals surface area contributed by atoms with Gasteiger partial charge >= 0.3 is 11.8 Å². The van der Waals surface area contributed by atoms with Crippen LogP contribution >= 0.6 is 11.6 Å². The first-order chi connectivity index (χ1) is 12.1. The molecule has 0 bridgehead atoms. The number of carbonyl (C=O) groups excluding carboxylic acids is 2. The quantitative estimate of drug-likeness (QED) is 0.848. The molecule has 2 amide bonds. The number of aromatic nitrogens is 1. The number of pyridine rings is 1. The number of hydrogen-bond acceptors (Lipinski definition) is 4. The Bertz CT molecular complexity index is 729. The van der Waals surface area contributed by atoms with Gasteiger partial charge in [-0.3, -0.25) is 9.59 Å². The number of benzene rings is 1. The molecule has 1 saturated heterocycles. The van der Waals surface area contributed by atoms with Gasteiger partial charge in [0.25, 0.3) is 0 Å². The van der Waals surface area contributed by atoms with Gasteiger partial charge in [0, 0.05) is 43.9 Å². The fourth-order valence-corrected chi connectivity index (χ4v) is 2.81. The summed E-state index contributed by atoms with van der Waals surface area (Å²) in [5, 5.41) is 3.30. The molecule has 1 N–H and O–H groups in total. The number of amides is 2. The number of hydrogen-bond donors (Lipinski definition) is 1. The summed E-state index contributed by atoms with van der Waals surface area (Å²) in [5.41, 5.74) is 0.894. The largest absolute Gasteiger partial charge is 0.353 e. The third kappa shape index (κ3) is 4.48. The van der Waals surface area contributed by atoms with E-state index in [9.17, 15) is 9.59 Å². The van der Waals surface area contributed by atoms with Gasteiger partial charge in [-0.15, -0.1) is 0 Å². The van der Waals surface area contributed by atoms with Gasteiger partial charge in [-0.2, -0.15) is 0 Å². The zero-order valence-electron chi connectivity index (χ0n) is 13.7. The molecule has 2 heterocycles. The van der Waals surface area contributed by atoms with E-state index in [1.807, 2.05) is 30.3 Å². The van der Waals surface area contributed by atoms with Crippen molar-refractivity contribution in [3.8, 4) is 0 Å². The van der Waals surface area contributed by atoms with E-state index in [4.69, 9.17) is 11.6 Å². The van der Waals surface area contributed by atoms with Crippen LogP contribution in [0, 0.1) is 0 Å². The first-order valence-corrected chi connectivity index (χ1v) is 8.49. The molecular weight excluding hydrogens is 340 g/mol. The average Bonchev–Trinajstić information content (AvgIpc) is 2.67. The van der Waals surface area contributed by atoms with Gasteiger partial charge in [0.2, 0.25) is 0 Å². The van der Waals surface area contributed by atoms with Gasteiger partial charge in [0.15, 0.2) is 0 Å². The number of nitrogens with one attached hydrogen (secondary N) is 1. The lowest BCUT2D eigenvalue weighted by atomic mass is 10.2. The lowest BCUT2D eigenvalue weighted by Gasteiger charge is -2.35. The monoisotopic (exact) mass is 358 g/mol. The van der Waals surface area contributed by atoms with Crippen molar-refractivity contribution >= 4 is 29.2 Å². The fourth-order valence-electron chi connectivity index (χ4n) is 2.68. The second-order valence-electron chi connectivity index (χ2n) is 5.78. The topological polar surface area (TPSA) is 65.5 Å². The molecule has 1 aliphatic rings. The van der Waals surface area contributed by atoms with Crippen LogP contribution in [0.4, 0.5) is 5.82 Å². The van der Waals surface area contributed by atoms with E-state index in [0.29, 0.717) is 37.7 Å². The zero-order chi connectivity index (χ0) is 17.6. The first-order valence-electron chi connectivity index (χ1n) is 8.11. The molecule has 0 unspecified atom stereocenters. The highest BCUT2D eigenvalue weighted by Gasteiger charge is 2.26. The summed E-state index contributed by atoms with van der Waals surface area (Å²) < 4.78 is 0. The van der Waals surface area contributed by atoms with Crippen LogP contribution in [0.25, 0.3) is 0 Å².